The molecule has 0 bridgehead atoms. The Morgan fingerprint density at radius 1 is 1.17 bits per heavy atom. The maximum Gasteiger partial charge on any atom is 0.343 e. The molecular formula is C21H19ClN2O6. The predicted molar refractivity (Wildman–Crippen MR) is 110 cm³/mol. The van der Waals surface area contributed by atoms with Crippen LogP contribution in [0, 0.1) is 0 Å². The van der Waals surface area contributed by atoms with E-state index in [1.165, 1.54) is 24.3 Å². The van der Waals surface area contributed by atoms with Gasteiger partial charge in [0.2, 0.25) is 0 Å². The largest absolute Gasteiger partial charge is 0.490 e. The number of carbonyl (C=O) groups is 3. The highest BCUT2D eigenvalue weighted by Crippen LogP contribution is 2.37. The van der Waals surface area contributed by atoms with Gasteiger partial charge in [0.15, 0.2) is 18.1 Å². The molecule has 9 heteroatoms. The number of benzene rings is 2. The topological polar surface area (TPSA) is 94.2 Å². The first kappa shape index (κ1) is 21.2. The summed E-state index contributed by atoms with van der Waals surface area (Å²) in [5, 5.41) is 1.33. The summed E-state index contributed by atoms with van der Waals surface area (Å²) >= 11 is 6.30. The molecule has 1 saturated heterocycles. The van der Waals surface area contributed by atoms with E-state index < -0.39 is 17.8 Å². The number of halogens is 1. The highest BCUT2D eigenvalue weighted by atomic mass is 35.5. The molecule has 0 unspecified atom stereocenters. The van der Waals surface area contributed by atoms with E-state index in [9.17, 15) is 14.4 Å². The highest BCUT2D eigenvalue weighted by Gasteiger charge is 2.34. The lowest BCUT2D eigenvalue weighted by Gasteiger charge is -2.14. The Morgan fingerprint density at radius 2 is 1.90 bits per heavy atom. The fourth-order valence-electron chi connectivity index (χ4n) is 2.75. The molecule has 0 atom stereocenters. The molecule has 0 aliphatic carbocycles. The first-order valence-electron chi connectivity index (χ1n) is 9.02. The van der Waals surface area contributed by atoms with Crippen LogP contribution in [-0.4, -0.2) is 38.1 Å². The van der Waals surface area contributed by atoms with Crippen molar-refractivity contribution in [2.45, 2.75) is 6.92 Å². The van der Waals surface area contributed by atoms with Gasteiger partial charge in [-0.05, 0) is 42.8 Å². The number of amides is 2. The standard InChI is InChI=1S/C21H19ClN2O6/c1-3-29-17-11-13(10-16(22)19(17)30-12-18(25)28-2)9-15-20(26)23-24(21(15)27)14-7-5-4-6-8-14/h4-11H,3,12H2,1-2H3,(H,23,26)/b15-9-. The van der Waals surface area contributed by atoms with Crippen molar-refractivity contribution in [3.05, 3.63) is 58.6 Å². The van der Waals surface area contributed by atoms with E-state index in [4.69, 9.17) is 21.1 Å². The Morgan fingerprint density at radius 3 is 2.57 bits per heavy atom. The average molecular weight is 431 g/mol. The minimum absolute atomic E-state index is 0.0550. The Hall–Kier alpha value is -3.52. The zero-order chi connectivity index (χ0) is 21.7. The van der Waals surface area contributed by atoms with Crippen LogP contribution in [0.25, 0.3) is 6.08 Å². The van der Waals surface area contributed by atoms with Crippen LogP contribution >= 0.6 is 11.6 Å². The number of anilines is 1. The number of rotatable bonds is 7. The first-order chi connectivity index (χ1) is 14.4. The molecule has 156 valence electrons. The highest BCUT2D eigenvalue weighted by molar-refractivity contribution is 6.33. The van der Waals surface area contributed by atoms with Gasteiger partial charge in [0.25, 0.3) is 11.8 Å². The summed E-state index contributed by atoms with van der Waals surface area (Å²) < 4.78 is 15.5. The van der Waals surface area contributed by atoms with Crippen molar-refractivity contribution in [1.29, 1.82) is 0 Å². The lowest BCUT2D eigenvalue weighted by Crippen LogP contribution is -2.35. The lowest BCUT2D eigenvalue weighted by atomic mass is 10.1. The molecule has 1 aliphatic heterocycles. The fraction of sp³-hybridized carbons (Fsp3) is 0.190. The normalized spacial score (nSPS) is 14.6. The Bertz CT molecular complexity index is 1010. The maximum atomic E-state index is 12.7. The number of ether oxygens (including phenoxy) is 3. The SMILES string of the molecule is CCOc1cc(/C=C2/C(=O)NN(c3ccccc3)C2=O)cc(Cl)c1OCC(=O)OC. The molecule has 1 aliphatic rings. The summed E-state index contributed by atoms with van der Waals surface area (Å²) in [4.78, 5) is 36.4. The van der Waals surface area contributed by atoms with Crippen LogP contribution in [0.1, 0.15) is 12.5 Å². The van der Waals surface area contributed by atoms with E-state index in [0.717, 1.165) is 0 Å². The molecule has 1 N–H and O–H groups in total. The van der Waals surface area contributed by atoms with Crippen molar-refractivity contribution in [2.75, 3.05) is 25.3 Å². The second-order valence-corrected chi connectivity index (χ2v) is 6.51. The summed E-state index contributed by atoms with van der Waals surface area (Å²) in [6.07, 6.45) is 1.42. The lowest BCUT2D eigenvalue weighted by molar-refractivity contribution is -0.143. The average Bonchev–Trinajstić information content (AvgIpc) is 3.02. The van der Waals surface area contributed by atoms with Crippen molar-refractivity contribution in [3.63, 3.8) is 0 Å². The van der Waals surface area contributed by atoms with Crippen molar-refractivity contribution < 1.29 is 28.6 Å². The Labute approximate surface area is 177 Å². The van der Waals surface area contributed by atoms with Crippen LogP contribution in [-0.2, 0) is 19.1 Å². The predicted octanol–water partition coefficient (Wildman–Crippen LogP) is 2.75. The first-order valence-corrected chi connectivity index (χ1v) is 9.40. The van der Waals surface area contributed by atoms with Gasteiger partial charge in [0, 0.05) is 0 Å². The van der Waals surface area contributed by atoms with Crippen LogP contribution in [0.5, 0.6) is 11.5 Å². The third-order valence-electron chi connectivity index (χ3n) is 4.11. The molecule has 0 spiro atoms. The van der Waals surface area contributed by atoms with E-state index in [0.29, 0.717) is 17.9 Å². The van der Waals surface area contributed by atoms with Crippen LogP contribution < -0.4 is 19.9 Å². The number of nitrogens with zero attached hydrogens (tertiary/aromatic N) is 1. The van der Waals surface area contributed by atoms with E-state index in [2.05, 4.69) is 10.2 Å². The molecule has 3 rings (SSSR count). The summed E-state index contributed by atoms with van der Waals surface area (Å²) in [5.74, 6) is -1.17. The van der Waals surface area contributed by atoms with Crippen molar-refractivity contribution in [3.8, 4) is 11.5 Å². The van der Waals surface area contributed by atoms with Gasteiger partial charge in [-0.2, -0.15) is 0 Å². The third-order valence-corrected chi connectivity index (χ3v) is 4.39. The molecule has 1 heterocycles. The quantitative estimate of drug-likeness (QED) is 0.412. The van der Waals surface area contributed by atoms with E-state index in [1.807, 2.05) is 6.07 Å². The smallest absolute Gasteiger partial charge is 0.343 e. The molecule has 0 radical (unpaired) electrons. The molecule has 1 fully saturated rings. The molecule has 2 aromatic rings. The fourth-order valence-corrected chi connectivity index (χ4v) is 3.02. The second-order valence-electron chi connectivity index (χ2n) is 6.10. The zero-order valence-corrected chi connectivity index (χ0v) is 17.1. The van der Waals surface area contributed by atoms with E-state index in [1.54, 1.807) is 37.3 Å². The zero-order valence-electron chi connectivity index (χ0n) is 16.3. The second kappa shape index (κ2) is 9.32. The molecule has 2 aromatic carbocycles. The number of hydrazine groups is 1. The number of nitrogens with one attached hydrogen (secondary N) is 1. The molecule has 30 heavy (non-hydrogen) atoms. The van der Waals surface area contributed by atoms with E-state index >= 15 is 0 Å². The van der Waals surface area contributed by atoms with Gasteiger partial charge in [-0.15, -0.1) is 0 Å². The van der Waals surface area contributed by atoms with Crippen LogP contribution in [0.2, 0.25) is 5.02 Å². The maximum absolute atomic E-state index is 12.7. The summed E-state index contributed by atoms with van der Waals surface area (Å²) in [6, 6.07) is 11.8. The molecule has 0 aromatic heterocycles. The number of carbonyl (C=O) groups excluding carboxylic acids is 3. The van der Waals surface area contributed by atoms with Gasteiger partial charge in [0.05, 0.1) is 24.4 Å². The summed E-state index contributed by atoms with van der Waals surface area (Å²) in [5.41, 5.74) is 3.48. The number of para-hydroxylation sites is 1. The van der Waals surface area contributed by atoms with Crippen LogP contribution in [0.15, 0.2) is 48.0 Å². The minimum Gasteiger partial charge on any atom is -0.490 e. The molecular weight excluding hydrogens is 412 g/mol. The van der Waals surface area contributed by atoms with Crippen molar-refractivity contribution in [1.82, 2.24) is 5.43 Å². The monoisotopic (exact) mass is 430 g/mol. The number of hydrogen-bond donors (Lipinski definition) is 1. The van der Waals surface area contributed by atoms with Crippen LogP contribution in [0.4, 0.5) is 5.69 Å². The van der Waals surface area contributed by atoms with Gasteiger partial charge < -0.3 is 14.2 Å². The summed E-state index contributed by atoms with van der Waals surface area (Å²) in [7, 11) is 1.24. The Kier molecular flexibility index (Phi) is 6.58. The third kappa shape index (κ3) is 4.55. The Balaban J connectivity index is 1.91. The summed E-state index contributed by atoms with van der Waals surface area (Å²) in [6.45, 7) is 1.74. The van der Waals surface area contributed by atoms with E-state index in [-0.39, 0.29) is 28.7 Å². The van der Waals surface area contributed by atoms with Gasteiger partial charge >= 0.3 is 5.97 Å². The van der Waals surface area contributed by atoms with Gasteiger partial charge in [-0.1, -0.05) is 29.8 Å². The van der Waals surface area contributed by atoms with Gasteiger partial charge in [-0.25, -0.2) is 9.80 Å². The molecule has 2 amide bonds. The number of hydrogen-bond acceptors (Lipinski definition) is 6. The van der Waals surface area contributed by atoms with Crippen LogP contribution in [0.3, 0.4) is 0 Å². The van der Waals surface area contributed by atoms with Crippen molar-refractivity contribution in [2.24, 2.45) is 0 Å². The number of methoxy groups -OCH3 is 1. The van der Waals surface area contributed by atoms with Gasteiger partial charge in [0.1, 0.15) is 5.57 Å². The molecule has 8 nitrogen and oxygen atoms in total. The van der Waals surface area contributed by atoms with Crippen molar-refractivity contribution >= 4 is 41.1 Å². The molecule has 0 saturated carbocycles. The van der Waals surface area contributed by atoms with Gasteiger partial charge in [-0.3, -0.25) is 15.0 Å². The minimum atomic E-state index is -0.575. The number of esters is 1.